The molecular formula is C24H22FNO4S. The van der Waals surface area contributed by atoms with Crippen LogP contribution in [0.15, 0.2) is 83.8 Å². The average molecular weight is 440 g/mol. The predicted octanol–water partition coefficient (Wildman–Crippen LogP) is 4.97. The van der Waals surface area contributed by atoms with Crippen LogP contribution < -0.4 is 9.04 Å². The van der Waals surface area contributed by atoms with Crippen LogP contribution in [0.25, 0.3) is 6.08 Å². The number of hydrogen-bond acceptors (Lipinski definition) is 4. The number of carbonyl (C=O) groups is 1. The lowest BCUT2D eigenvalue weighted by Gasteiger charge is -2.22. The fourth-order valence-corrected chi connectivity index (χ4v) is 4.24. The van der Waals surface area contributed by atoms with Gasteiger partial charge in [-0.25, -0.2) is 12.8 Å². The molecule has 5 nitrogen and oxygen atoms in total. The zero-order valence-electron chi connectivity index (χ0n) is 17.2. The summed E-state index contributed by atoms with van der Waals surface area (Å²) < 4.78 is 45.9. The van der Waals surface area contributed by atoms with Gasteiger partial charge in [0.15, 0.2) is 0 Å². The van der Waals surface area contributed by atoms with Gasteiger partial charge in [0.2, 0.25) is 0 Å². The molecule has 0 aliphatic carbocycles. The Bertz CT molecular complexity index is 1170. The monoisotopic (exact) mass is 439 g/mol. The minimum atomic E-state index is -4.17. The van der Waals surface area contributed by atoms with E-state index in [4.69, 9.17) is 4.74 Å². The molecule has 3 rings (SSSR count). The summed E-state index contributed by atoms with van der Waals surface area (Å²) in [6, 6.07) is 18.0. The molecule has 0 saturated carbocycles. The third kappa shape index (κ3) is 5.38. The van der Waals surface area contributed by atoms with E-state index >= 15 is 0 Å². The van der Waals surface area contributed by atoms with E-state index in [1.54, 1.807) is 24.3 Å². The SMILES string of the molecule is CCOc1ccc(N(C(=O)/C=C/c2ccc(F)cc2)S(=O)(=O)c2ccc(C)cc2)cc1. The largest absolute Gasteiger partial charge is 0.494 e. The molecular weight excluding hydrogens is 417 g/mol. The van der Waals surface area contributed by atoms with Gasteiger partial charge in [0.25, 0.3) is 15.9 Å². The Morgan fingerprint density at radius 3 is 2.16 bits per heavy atom. The van der Waals surface area contributed by atoms with Crippen molar-refractivity contribution >= 4 is 27.7 Å². The maximum absolute atomic E-state index is 13.3. The lowest BCUT2D eigenvalue weighted by molar-refractivity contribution is -0.113. The average Bonchev–Trinajstić information content (AvgIpc) is 2.75. The first-order valence-corrected chi connectivity index (χ1v) is 11.1. The summed E-state index contributed by atoms with van der Waals surface area (Å²) in [5.74, 6) is -0.594. The van der Waals surface area contributed by atoms with Crippen LogP contribution in [0.1, 0.15) is 18.1 Å². The third-order valence-corrected chi connectivity index (χ3v) is 6.17. The Morgan fingerprint density at radius 2 is 1.58 bits per heavy atom. The standard InChI is InChI=1S/C24H22FNO4S/c1-3-30-22-13-11-21(12-14-22)26(31(28,29)23-15-4-18(2)5-16-23)24(27)17-8-19-6-9-20(25)10-7-19/h4-17H,3H2,1-2H3/b17-8+. The fourth-order valence-electron chi connectivity index (χ4n) is 2.85. The lowest BCUT2D eigenvalue weighted by atomic mass is 10.2. The van der Waals surface area contributed by atoms with Gasteiger partial charge in [0.1, 0.15) is 11.6 Å². The van der Waals surface area contributed by atoms with Crippen LogP contribution in [0.4, 0.5) is 10.1 Å². The van der Waals surface area contributed by atoms with Gasteiger partial charge >= 0.3 is 0 Å². The maximum Gasteiger partial charge on any atom is 0.271 e. The molecule has 0 fully saturated rings. The summed E-state index contributed by atoms with van der Waals surface area (Å²) >= 11 is 0. The van der Waals surface area contributed by atoms with Gasteiger partial charge in [-0.05, 0) is 74.0 Å². The predicted molar refractivity (Wildman–Crippen MR) is 119 cm³/mol. The Balaban J connectivity index is 2.01. The van der Waals surface area contributed by atoms with E-state index in [9.17, 15) is 17.6 Å². The van der Waals surface area contributed by atoms with Gasteiger partial charge in [-0.1, -0.05) is 29.8 Å². The quantitative estimate of drug-likeness (QED) is 0.488. The second-order valence-electron chi connectivity index (χ2n) is 6.73. The minimum Gasteiger partial charge on any atom is -0.494 e. The van der Waals surface area contributed by atoms with Crippen LogP contribution in [-0.2, 0) is 14.8 Å². The van der Waals surface area contributed by atoms with Crippen molar-refractivity contribution in [3.8, 4) is 5.75 Å². The molecule has 0 N–H and O–H groups in total. The molecule has 160 valence electrons. The number of carbonyl (C=O) groups excluding carboxylic acids is 1. The van der Waals surface area contributed by atoms with Crippen molar-refractivity contribution in [2.24, 2.45) is 0 Å². The number of ether oxygens (including phenoxy) is 1. The van der Waals surface area contributed by atoms with Crippen molar-refractivity contribution in [3.05, 3.63) is 95.8 Å². The van der Waals surface area contributed by atoms with E-state index in [1.165, 1.54) is 54.6 Å². The first-order chi connectivity index (χ1) is 14.8. The fraction of sp³-hybridized carbons (Fsp3) is 0.125. The van der Waals surface area contributed by atoms with Crippen molar-refractivity contribution in [1.29, 1.82) is 0 Å². The Hall–Kier alpha value is -3.45. The number of nitrogens with zero attached hydrogens (tertiary/aromatic N) is 1. The number of amides is 1. The van der Waals surface area contributed by atoms with E-state index < -0.39 is 21.7 Å². The molecule has 0 unspecified atom stereocenters. The minimum absolute atomic E-state index is 0.00415. The van der Waals surface area contributed by atoms with Crippen LogP contribution >= 0.6 is 0 Å². The molecule has 0 aromatic heterocycles. The molecule has 0 radical (unpaired) electrons. The molecule has 3 aromatic carbocycles. The van der Waals surface area contributed by atoms with Gasteiger partial charge in [-0.3, -0.25) is 4.79 Å². The highest BCUT2D eigenvalue weighted by Gasteiger charge is 2.29. The van der Waals surface area contributed by atoms with Gasteiger partial charge in [0, 0.05) is 6.08 Å². The molecule has 0 aliphatic rings. The molecule has 0 bridgehead atoms. The molecule has 31 heavy (non-hydrogen) atoms. The molecule has 0 atom stereocenters. The normalized spacial score (nSPS) is 11.5. The van der Waals surface area contributed by atoms with Crippen LogP contribution in [-0.4, -0.2) is 20.9 Å². The van der Waals surface area contributed by atoms with E-state index in [2.05, 4.69) is 0 Å². The first kappa shape index (κ1) is 22.2. The molecule has 0 spiro atoms. The number of hydrogen-bond donors (Lipinski definition) is 0. The van der Waals surface area contributed by atoms with Crippen LogP contribution in [0.5, 0.6) is 5.75 Å². The third-order valence-electron chi connectivity index (χ3n) is 4.43. The van der Waals surface area contributed by atoms with Crippen LogP contribution in [0, 0.1) is 12.7 Å². The van der Waals surface area contributed by atoms with E-state index in [-0.39, 0.29) is 10.6 Å². The molecule has 0 heterocycles. The smallest absolute Gasteiger partial charge is 0.271 e. The summed E-state index contributed by atoms with van der Waals surface area (Å²) in [7, 11) is -4.17. The van der Waals surface area contributed by atoms with E-state index in [1.807, 2.05) is 13.8 Å². The van der Waals surface area contributed by atoms with Gasteiger partial charge in [0.05, 0.1) is 17.2 Å². The Kier molecular flexibility index (Phi) is 6.87. The highest BCUT2D eigenvalue weighted by Crippen LogP contribution is 2.27. The first-order valence-electron chi connectivity index (χ1n) is 9.64. The van der Waals surface area contributed by atoms with Gasteiger partial charge in [-0.2, -0.15) is 4.31 Å². The maximum atomic E-state index is 13.3. The molecule has 3 aromatic rings. The number of halogens is 1. The summed E-state index contributed by atoms with van der Waals surface area (Å²) in [6.45, 7) is 4.15. The zero-order valence-corrected chi connectivity index (χ0v) is 18.0. The summed E-state index contributed by atoms with van der Waals surface area (Å²) in [5.41, 5.74) is 1.64. The second-order valence-corrected chi connectivity index (χ2v) is 8.52. The summed E-state index contributed by atoms with van der Waals surface area (Å²) in [4.78, 5) is 13.0. The van der Waals surface area contributed by atoms with Crippen molar-refractivity contribution in [2.75, 3.05) is 10.9 Å². The topological polar surface area (TPSA) is 63.7 Å². The number of sulfonamides is 1. The van der Waals surface area contributed by atoms with Crippen molar-refractivity contribution < 1.29 is 22.3 Å². The zero-order chi connectivity index (χ0) is 22.4. The molecule has 1 amide bonds. The van der Waals surface area contributed by atoms with Crippen molar-refractivity contribution in [1.82, 2.24) is 0 Å². The second kappa shape index (κ2) is 9.57. The number of rotatable bonds is 7. The van der Waals surface area contributed by atoms with Crippen molar-refractivity contribution in [3.63, 3.8) is 0 Å². The van der Waals surface area contributed by atoms with E-state index in [0.29, 0.717) is 17.9 Å². The number of anilines is 1. The summed E-state index contributed by atoms with van der Waals surface area (Å²) in [6.07, 6.45) is 2.59. The highest BCUT2D eigenvalue weighted by atomic mass is 32.2. The summed E-state index contributed by atoms with van der Waals surface area (Å²) in [5, 5.41) is 0. The van der Waals surface area contributed by atoms with E-state index in [0.717, 1.165) is 15.9 Å². The molecule has 0 saturated heterocycles. The Morgan fingerprint density at radius 1 is 0.968 bits per heavy atom. The molecule has 7 heteroatoms. The number of benzene rings is 3. The van der Waals surface area contributed by atoms with Crippen molar-refractivity contribution in [2.45, 2.75) is 18.7 Å². The number of aryl methyl sites for hydroxylation is 1. The van der Waals surface area contributed by atoms with Crippen LogP contribution in [0.3, 0.4) is 0 Å². The van der Waals surface area contributed by atoms with Crippen LogP contribution in [0.2, 0.25) is 0 Å². The Labute approximate surface area is 181 Å². The van der Waals surface area contributed by atoms with Gasteiger partial charge in [-0.15, -0.1) is 0 Å². The highest BCUT2D eigenvalue weighted by molar-refractivity contribution is 7.93. The lowest BCUT2D eigenvalue weighted by Crippen LogP contribution is -2.35. The van der Waals surface area contributed by atoms with Gasteiger partial charge < -0.3 is 4.74 Å². The molecule has 0 aliphatic heterocycles.